The summed E-state index contributed by atoms with van der Waals surface area (Å²) in [6, 6.07) is 91.9. The molecule has 11 aromatic rings. The van der Waals surface area contributed by atoms with Crippen LogP contribution in [-0.4, -0.2) is 4.57 Å². The van der Waals surface area contributed by atoms with E-state index < -0.39 is 0 Å². The number of rotatable bonds is 9. The van der Waals surface area contributed by atoms with Crippen molar-refractivity contribution in [2.75, 3.05) is 4.90 Å². The second-order valence-electron chi connectivity index (χ2n) is 15.7. The maximum Gasteiger partial charge on any atom is 0.0541 e. The van der Waals surface area contributed by atoms with Gasteiger partial charge in [-0.2, -0.15) is 0 Å². The second-order valence-corrected chi connectivity index (χ2v) is 15.7. The lowest BCUT2D eigenvalue weighted by Crippen LogP contribution is -2.11. The normalized spacial score (nSPS) is 11.2. The molecule has 0 atom stereocenters. The summed E-state index contributed by atoms with van der Waals surface area (Å²) in [4.78, 5) is 2.40. The molecule has 2 nitrogen and oxygen atoms in total. The van der Waals surface area contributed by atoms with Crippen LogP contribution in [0.4, 0.5) is 17.1 Å². The molecule has 0 amide bonds. The van der Waals surface area contributed by atoms with Crippen molar-refractivity contribution in [2.24, 2.45) is 0 Å². The van der Waals surface area contributed by atoms with E-state index in [0.29, 0.717) is 0 Å². The first-order valence-corrected chi connectivity index (χ1v) is 21.3. The first-order valence-electron chi connectivity index (χ1n) is 21.3. The fourth-order valence-corrected chi connectivity index (χ4v) is 9.11. The van der Waals surface area contributed by atoms with Gasteiger partial charge < -0.3 is 9.47 Å². The van der Waals surface area contributed by atoms with Crippen LogP contribution in [0.1, 0.15) is 0 Å². The summed E-state index contributed by atoms with van der Waals surface area (Å²) in [5.41, 5.74) is 18.7. The van der Waals surface area contributed by atoms with Gasteiger partial charge in [0.05, 0.1) is 22.4 Å². The fraction of sp³-hybridized carbons (Fsp3) is 0. The number of benzene rings is 10. The van der Waals surface area contributed by atoms with Gasteiger partial charge in [-0.25, -0.2) is 0 Å². The fourth-order valence-electron chi connectivity index (χ4n) is 9.11. The molecule has 0 saturated heterocycles. The Morgan fingerprint density at radius 1 is 0.258 bits per heavy atom. The third-order valence-electron chi connectivity index (χ3n) is 12.0. The summed E-state index contributed by atoms with van der Waals surface area (Å²) in [5.74, 6) is 0. The molecule has 0 unspecified atom stereocenters. The van der Waals surface area contributed by atoms with Gasteiger partial charge in [0.25, 0.3) is 0 Å². The standard InChI is InChI=1S/C60H42N2/c1-3-18-45(19-4-1)51-24-7-8-25-52(51)48-22-17-23-50(42-48)61(57-30-13-9-26-53(57)46-20-5-2-6-21-46)49-40-38-44(39-41-49)43-34-36-47(37-35-43)54-27-10-14-31-58(54)62-59-32-15-11-28-55(59)56-29-12-16-33-60(56)62/h1-42H. The Kier molecular flexibility index (Phi) is 9.57. The molecule has 62 heavy (non-hydrogen) atoms. The molecule has 0 fully saturated rings. The van der Waals surface area contributed by atoms with Crippen molar-refractivity contribution in [1.29, 1.82) is 0 Å². The van der Waals surface area contributed by atoms with E-state index in [1.807, 2.05) is 0 Å². The molecule has 0 aliphatic carbocycles. The van der Waals surface area contributed by atoms with Crippen LogP contribution < -0.4 is 4.90 Å². The van der Waals surface area contributed by atoms with E-state index in [0.717, 1.165) is 22.6 Å². The number of hydrogen-bond acceptors (Lipinski definition) is 1. The van der Waals surface area contributed by atoms with Gasteiger partial charge in [0.15, 0.2) is 0 Å². The molecule has 0 radical (unpaired) electrons. The third-order valence-corrected chi connectivity index (χ3v) is 12.0. The monoisotopic (exact) mass is 790 g/mol. The highest BCUT2D eigenvalue weighted by Crippen LogP contribution is 2.44. The predicted molar refractivity (Wildman–Crippen MR) is 263 cm³/mol. The van der Waals surface area contributed by atoms with E-state index in [2.05, 4.69) is 264 Å². The number of nitrogens with zero attached hydrogens (tertiary/aromatic N) is 2. The molecule has 292 valence electrons. The Labute approximate surface area is 362 Å². The Bertz CT molecular complexity index is 3270. The second kappa shape index (κ2) is 16.1. The molecular weight excluding hydrogens is 749 g/mol. The van der Waals surface area contributed by atoms with Crippen LogP contribution in [0, 0.1) is 0 Å². The van der Waals surface area contributed by atoms with Crippen molar-refractivity contribution < 1.29 is 0 Å². The van der Waals surface area contributed by atoms with E-state index in [9.17, 15) is 0 Å². The lowest BCUT2D eigenvalue weighted by molar-refractivity contribution is 1.18. The molecule has 0 bridgehead atoms. The average molecular weight is 791 g/mol. The van der Waals surface area contributed by atoms with Crippen LogP contribution in [0.3, 0.4) is 0 Å². The minimum absolute atomic E-state index is 1.09. The zero-order valence-electron chi connectivity index (χ0n) is 34.1. The van der Waals surface area contributed by atoms with Gasteiger partial charge in [0, 0.05) is 33.3 Å². The smallest absolute Gasteiger partial charge is 0.0541 e. The topological polar surface area (TPSA) is 8.17 Å². The quantitative estimate of drug-likeness (QED) is 0.141. The molecule has 0 aliphatic rings. The minimum Gasteiger partial charge on any atom is -0.310 e. The van der Waals surface area contributed by atoms with Crippen LogP contribution in [-0.2, 0) is 0 Å². The van der Waals surface area contributed by atoms with E-state index in [-0.39, 0.29) is 0 Å². The number of fused-ring (bicyclic) bond motifs is 3. The summed E-state index contributed by atoms with van der Waals surface area (Å²) in [6.45, 7) is 0. The highest BCUT2D eigenvalue weighted by molar-refractivity contribution is 6.09. The summed E-state index contributed by atoms with van der Waals surface area (Å²) in [7, 11) is 0. The van der Waals surface area contributed by atoms with Gasteiger partial charge in [-0.3, -0.25) is 0 Å². The molecule has 11 rings (SSSR count). The van der Waals surface area contributed by atoms with E-state index in [1.165, 1.54) is 77.6 Å². The maximum atomic E-state index is 2.41. The molecule has 0 saturated carbocycles. The zero-order chi connectivity index (χ0) is 41.2. The van der Waals surface area contributed by atoms with Crippen LogP contribution in [0.15, 0.2) is 255 Å². The van der Waals surface area contributed by atoms with Crippen LogP contribution in [0.5, 0.6) is 0 Å². The maximum absolute atomic E-state index is 2.41. The van der Waals surface area contributed by atoms with E-state index in [1.54, 1.807) is 0 Å². The van der Waals surface area contributed by atoms with Crippen molar-refractivity contribution in [3.8, 4) is 61.3 Å². The van der Waals surface area contributed by atoms with Crippen molar-refractivity contribution in [1.82, 2.24) is 4.57 Å². The molecule has 1 heterocycles. The lowest BCUT2D eigenvalue weighted by atomic mass is 9.94. The summed E-state index contributed by atoms with van der Waals surface area (Å²) < 4.78 is 2.41. The Morgan fingerprint density at radius 3 is 1.34 bits per heavy atom. The van der Waals surface area contributed by atoms with Gasteiger partial charge in [-0.05, 0) is 93.0 Å². The Morgan fingerprint density at radius 2 is 0.694 bits per heavy atom. The van der Waals surface area contributed by atoms with Gasteiger partial charge in [0.2, 0.25) is 0 Å². The van der Waals surface area contributed by atoms with Crippen molar-refractivity contribution >= 4 is 38.9 Å². The summed E-state index contributed by atoms with van der Waals surface area (Å²) >= 11 is 0. The van der Waals surface area contributed by atoms with Gasteiger partial charge in [-0.1, -0.05) is 206 Å². The minimum atomic E-state index is 1.09. The zero-order valence-corrected chi connectivity index (χ0v) is 34.1. The third kappa shape index (κ3) is 6.74. The number of anilines is 3. The van der Waals surface area contributed by atoms with E-state index in [4.69, 9.17) is 0 Å². The average Bonchev–Trinajstić information content (AvgIpc) is 3.69. The van der Waals surface area contributed by atoms with Crippen molar-refractivity contribution in [3.63, 3.8) is 0 Å². The van der Waals surface area contributed by atoms with Crippen LogP contribution >= 0.6 is 0 Å². The first-order chi connectivity index (χ1) is 30.8. The largest absolute Gasteiger partial charge is 0.310 e. The van der Waals surface area contributed by atoms with Crippen molar-refractivity contribution in [3.05, 3.63) is 255 Å². The number of aromatic nitrogens is 1. The molecule has 0 spiro atoms. The van der Waals surface area contributed by atoms with Gasteiger partial charge in [0.1, 0.15) is 0 Å². The molecule has 2 heteroatoms. The lowest BCUT2D eigenvalue weighted by Gasteiger charge is -2.28. The molecule has 10 aromatic carbocycles. The molecular formula is C60H42N2. The van der Waals surface area contributed by atoms with Gasteiger partial charge in [-0.15, -0.1) is 0 Å². The highest BCUT2D eigenvalue weighted by Gasteiger charge is 2.19. The van der Waals surface area contributed by atoms with Crippen LogP contribution in [0.2, 0.25) is 0 Å². The highest BCUT2D eigenvalue weighted by atomic mass is 15.1. The van der Waals surface area contributed by atoms with Crippen molar-refractivity contribution in [2.45, 2.75) is 0 Å². The Hall–Kier alpha value is -8.20. The van der Waals surface area contributed by atoms with E-state index >= 15 is 0 Å². The first kappa shape index (κ1) is 36.8. The molecule has 0 aliphatic heterocycles. The van der Waals surface area contributed by atoms with Crippen LogP contribution in [0.25, 0.3) is 83.1 Å². The van der Waals surface area contributed by atoms with Gasteiger partial charge >= 0.3 is 0 Å². The number of para-hydroxylation sites is 4. The Balaban J connectivity index is 0.973. The predicted octanol–water partition coefficient (Wildman–Crippen LogP) is 16.6. The SMILES string of the molecule is c1ccc(-c2ccccc2-c2cccc(N(c3ccc(-c4ccc(-c5ccccc5-n5c6ccccc6c6ccccc65)cc4)cc3)c3ccccc3-c3ccccc3)c2)cc1. The molecule has 1 aromatic heterocycles. The molecule has 0 N–H and O–H groups in total. The number of hydrogen-bond donors (Lipinski definition) is 0. The summed E-state index contributed by atoms with van der Waals surface area (Å²) in [5, 5.41) is 2.53. The summed E-state index contributed by atoms with van der Waals surface area (Å²) in [6.07, 6.45) is 0.